The molecule has 0 saturated heterocycles. The second-order valence-electron chi connectivity index (χ2n) is 6.03. The number of hydrogen-bond acceptors (Lipinski definition) is 6. The maximum absolute atomic E-state index is 11.8. The van der Waals surface area contributed by atoms with E-state index in [2.05, 4.69) is 5.32 Å². The van der Waals surface area contributed by atoms with Crippen molar-refractivity contribution in [2.24, 2.45) is 0 Å². The van der Waals surface area contributed by atoms with E-state index in [-0.39, 0.29) is 31.6 Å². The Labute approximate surface area is 155 Å². The maximum Gasteiger partial charge on any atom is 0.306 e. The molecule has 1 rings (SSSR count). The van der Waals surface area contributed by atoms with Crippen LogP contribution in [0.3, 0.4) is 0 Å². The van der Waals surface area contributed by atoms with Crippen LogP contribution in [0.25, 0.3) is 0 Å². The number of hydrogen-bond donors (Lipinski definition) is 3. The van der Waals surface area contributed by atoms with Gasteiger partial charge < -0.3 is 20.3 Å². The second-order valence-corrected chi connectivity index (χ2v) is 6.03. The van der Waals surface area contributed by atoms with Crippen LogP contribution < -0.4 is 5.32 Å². The van der Waals surface area contributed by atoms with Crippen LogP contribution in [-0.4, -0.2) is 66.4 Å². The zero-order valence-corrected chi connectivity index (χ0v) is 15.2. The Hall–Kier alpha value is -1.96. The van der Waals surface area contributed by atoms with E-state index in [1.54, 1.807) is 4.90 Å². The number of nitrogens with zero attached hydrogens (tertiary/aromatic N) is 1. The molecule has 7 heteroatoms. The van der Waals surface area contributed by atoms with Crippen LogP contribution >= 0.6 is 0 Å². The number of ether oxygens (including phenoxy) is 1. The maximum atomic E-state index is 11.8. The Bertz CT molecular complexity index is 504. The third kappa shape index (κ3) is 10.8. The highest BCUT2D eigenvalue weighted by Crippen LogP contribution is 2.05. The van der Waals surface area contributed by atoms with Gasteiger partial charge in [0.05, 0.1) is 19.8 Å². The minimum Gasteiger partial charge on any atom is -0.461 e. The lowest BCUT2D eigenvalue weighted by atomic mass is 10.2. The Balaban J connectivity index is 2.02. The summed E-state index contributed by atoms with van der Waals surface area (Å²) in [4.78, 5) is 25.1. The van der Waals surface area contributed by atoms with Crippen LogP contribution in [0.5, 0.6) is 0 Å². The third-order valence-electron chi connectivity index (χ3n) is 3.82. The van der Waals surface area contributed by atoms with E-state index in [9.17, 15) is 9.59 Å². The van der Waals surface area contributed by atoms with Crippen molar-refractivity contribution in [3.63, 3.8) is 0 Å². The van der Waals surface area contributed by atoms with Crippen molar-refractivity contribution < 1.29 is 24.5 Å². The summed E-state index contributed by atoms with van der Waals surface area (Å²) < 4.78 is 5.21. The number of aliphatic hydroxyl groups is 2. The first-order chi connectivity index (χ1) is 12.7. The summed E-state index contributed by atoms with van der Waals surface area (Å²) in [5.41, 5.74) is 0.972. The van der Waals surface area contributed by atoms with Gasteiger partial charge in [-0.2, -0.15) is 0 Å². The number of nitrogens with one attached hydrogen (secondary N) is 1. The van der Waals surface area contributed by atoms with Crippen molar-refractivity contribution in [1.82, 2.24) is 10.2 Å². The average Bonchev–Trinajstić information content (AvgIpc) is 2.64. The Kier molecular flexibility index (Phi) is 12.1. The fourth-order valence-electron chi connectivity index (χ4n) is 2.42. The van der Waals surface area contributed by atoms with E-state index in [1.807, 2.05) is 30.3 Å². The molecule has 0 fully saturated rings. The number of carbonyl (C=O) groups excluding carboxylic acids is 2. The number of carbonyl (C=O) groups is 2. The number of benzene rings is 1. The molecule has 26 heavy (non-hydrogen) atoms. The highest BCUT2D eigenvalue weighted by Gasteiger charge is 2.09. The standard InChI is InChI=1S/C19H30N2O5/c22-13-11-21(12-14-23)15-18(24)20-10-6-2-5-9-19(25)26-16-17-7-3-1-4-8-17/h1,3-4,7-8,22-23H,2,5-6,9-16H2,(H,20,24). The van der Waals surface area contributed by atoms with Gasteiger partial charge in [0.15, 0.2) is 0 Å². The van der Waals surface area contributed by atoms with Crippen molar-refractivity contribution >= 4 is 11.9 Å². The molecule has 1 aromatic carbocycles. The van der Waals surface area contributed by atoms with Crippen molar-refractivity contribution in [2.45, 2.75) is 32.3 Å². The molecule has 1 aromatic rings. The summed E-state index contributed by atoms with van der Waals surface area (Å²) in [5.74, 6) is -0.337. The van der Waals surface area contributed by atoms with Crippen LogP contribution in [0.4, 0.5) is 0 Å². The zero-order chi connectivity index (χ0) is 19.0. The lowest BCUT2D eigenvalue weighted by Crippen LogP contribution is -2.40. The fourth-order valence-corrected chi connectivity index (χ4v) is 2.42. The Morgan fingerprint density at radius 1 is 1.00 bits per heavy atom. The van der Waals surface area contributed by atoms with E-state index in [0.29, 0.717) is 32.7 Å². The molecule has 1 amide bonds. The van der Waals surface area contributed by atoms with E-state index < -0.39 is 0 Å². The first-order valence-electron chi connectivity index (χ1n) is 9.06. The molecule has 0 aliphatic carbocycles. The van der Waals surface area contributed by atoms with Crippen molar-refractivity contribution in [2.75, 3.05) is 39.4 Å². The summed E-state index contributed by atoms with van der Waals surface area (Å²) in [6.45, 7) is 1.63. The molecule has 3 N–H and O–H groups in total. The van der Waals surface area contributed by atoms with Gasteiger partial charge in [0.25, 0.3) is 0 Å². The summed E-state index contributed by atoms with van der Waals surface area (Å²) in [7, 11) is 0. The van der Waals surface area contributed by atoms with E-state index >= 15 is 0 Å². The molecule has 0 spiro atoms. The van der Waals surface area contributed by atoms with Crippen LogP contribution in [0.15, 0.2) is 30.3 Å². The molecule has 0 unspecified atom stereocenters. The van der Waals surface area contributed by atoms with Gasteiger partial charge in [0.2, 0.25) is 5.91 Å². The van der Waals surface area contributed by atoms with E-state index in [4.69, 9.17) is 14.9 Å². The van der Waals surface area contributed by atoms with Crippen molar-refractivity contribution in [1.29, 1.82) is 0 Å². The Morgan fingerprint density at radius 2 is 1.69 bits per heavy atom. The lowest BCUT2D eigenvalue weighted by Gasteiger charge is -2.19. The summed E-state index contributed by atoms with van der Waals surface area (Å²) >= 11 is 0. The van der Waals surface area contributed by atoms with Gasteiger partial charge in [0.1, 0.15) is 6.61 Å². The predicted molar refractivity (Wildman–Crippen MR) is 98.3 cm³/mol. The SMILES string of the molecule is O=C(CN(CCO)CCO)NCCCCCC(=O)OCc1ccccc1. The minimum atomic E-state index is -0.207. The molecule has 0 radical (unpaired) electrons. The summed E-state index contributed by atoms with van der Waals surface area (Å²) in [6, 6.07) is 9.56. The molecule has 0 bridgehead atoms. The molecule has 0 heterocycles. The van der Waals surface area contributed by atoms with Crippen molar-refractivity contribution in [3.05, 3.63) is 35.9 Å². The van der Waals surface area contributed by atoms with Gasteiger partial charge in [-0.15, -0.1) is 0 Å². The van der Waals surface area contributed by atoms with E-state index in [0.717, 1.165) is 24.8 Å². The first kappa shape index (κ1) is 22.1. The molecular formula is C19H30N2O5. The molecule has 7 nitrogen and oxygen atoms in total. The average molecular weight is 366 g/mol. The fraction of sp³-hybridized carbons (Fsp3) is 0.579. The number of amides is 1. The highest BCUT2D eigenvalue weighted by molar-refractivity contribution is 5.77. The second kappa shape index (κ2) is 14.2. The van der Waals surface area contributed by atoms with Gasteiger partial charge in [-0.05, 0) is 18.4 Å². The minimum absolute atomic E-state index is 0.0480. The zero-order valence-electron chi connectivity index (χ0n) is 15.2. The molecule has 0 saturated carbocycles. The van der Waals surface area contributed by atoms with Crippen LogP contribution in [0.1, 0.15) is 31.2 Å². The van der Waals surface area contributed by atoms with Gasteiger partial charge in [-0.1, -0.05) is 36.8 Å². The van der Waals surface area contributed by atoms with Gasteiger partial charge in [0, 0.05) is 26.1 Å². The largest absolute Gasteiger partial charge is 0.461 e. The number of aliphatic hydroxyl groups excluding tert-OH is 2. The van der Waals surface area contributed by atoms with Crippen LogP contribution in [0.2, 0.25) is 0 Å². The van der Waals surface area contributed by atoms with Gasteiger partial charge in [-0.25, -0.2) is 0 Å². The predicted octanol–water partition coefficient (Wildman–Crippen LogP) is 0.693. The van der Waals surface area contributed by atoms with Crippen molar-refractivity contribution in [3.8, 4) is 0 Å². The highest BCUT2D eigenvalue weighted by atomic mass is 16.5. The van der Waals surface area contributed by atoms with Gasteiger partial charge in [-0.3, -0.25) is 14.5 Å². The Morgan fingerprint density at radius 3 is 2.35 bits per heavy atom. The normalized spacial score (nSPS) is 10.7. The number of rotatable bonds is 14. The quantitative estimate of drug-likeness (QED) is 0.331. The summed E-state index contributed by atoms with van der Waals surface area (Å²) in [5, 5.41) is 20.6. The van der Waals surface area contributed by atoms with Crippen LogP contribution in [0, 0.1) is 0 Å². The number of unbranched alkanes of at least 4 members (excludes halogenated alkanes) is 2. The molecule has 0 aliphatic heterocycles. The van der Waals surface area contributed by atoms with Gasteiger partial charge >= 0.3 is 5.97 Å². The lowest BCUT2D eigenvalue weighted by molar-refractivity contribution is -0.145. The monoisotopic (exact) mass is 366 g/mol. The molecule has 146 valence electrons. The molecule has 0 atom stereocenters. The molecule has 0 aliphatic rings. The number of esters is 1. The molecule has 0 aromatic heterocycles. The third-order valence-corrected chi connectivity index (χ3v) is 3.82. The van der Waals surface area contributed by atoms with Crippen LogP contribution in [-0.2, 0) is 20.9 Å². The smallest absolute Gasteiger partial charge is 0.306 e. The summed E-state index contributed by atoms with van der Waals surface area (Å²) in [6.07, 6.45) is 2.72. The van der Waals surface area contributed by atoms with E-state index in [1.165, 1.54) is 0 Å². The molecular weight excluding hydrogens is 336 g/mol. The topological polar surface area (TPSA) is 99.1 Å². The first-order valence-corrected chi connectivity index (χ1v) is 9.06.